The van der Waals surface area contributed by atoms with E-state index in [9.17, 15) is 4.79 Å². The van der Waals surface area contributed by atoms with Crippen LogP contribution in [0.4, 0.5) is 0 Å². The Kier molecular flexibility index (Phi) is 2.79. The molecule has 0 aliphatic rings. The van der Waals surface area contributed by atoms with E-state index in [4.69, 9.17) is 4.42 Å². The van der Waals surface area contributed by atoms with E-state index in [1.807, 2.05) is 0 Å². The first-order valence-electron chi connectivity index (χ1n) is 5.87. The molecule has 0 N–H and O–H groups in total. The van der Waals surface area contributed by atoms with Crippen LogP contribution < -0.4 is 0 Å². The van der Waals surface area contributed by atoms with Gasteiger partial charge in [0.1, 0.15) is 5.52 Å². The summed E-state index contributed by atoms with van der Waals surface area (Å²) in [5, 5.41) is 0. The number of carbonyl (C=O) groups excluding carboxylic acids is 1. The fourth-order valence-corrected chi connectivity index (χ4v) is 1.90. The number of hydrogen-bond acceptors (Lipinski definition) is 5. The van der Waals surface area contributed by atoms with Crippen molar-refractivity contribution in [3.8, 4) is 0 Å². The molecule has 0 saturated heterocycles. The molecule has 2 heterocycles. The van der Waals surface area contributed by atoms with Crippen LogP contribution in [0.2, 0.25) is 0 Å². The van der Waals surface area contributed by atoms with Crippen LogP contribution in [-0.4, -0.2) is 20.7 Å². The van der Waals surface area contributed by atoms with Crippen molar-refractivity contribution in [2.24, 2.45) is 0 Å². The molecule has 5 heteroatoms. The Morgan fingerprint density at radius 2 is 2.21 bits per heavy atom. The normalized spacial score (nSPS) is 10.8. The number of ketones is 1. The molecule has 0 bridgehead atoms. The average molecular weight is 253 g/mol. The minimum atomic E-state index is -0.0172. The summed E-state index contributed by atoms with van der Waals surface area (Å²) < 4.78 is 5.42. The van der Waals surface area contributed by atoms with E-state index in [-0.39, 0.29) is 12.2 Å². The summed E-state index contributed by atoms with van der Waals surface area (Å²) in [7, 11) is 0. The Labute approximate surface area is 109 Å². The topological polar surface area (TPSA) is 68.9 Å². The van der Waals surface area contributed by atoms with Gasteiger partial charge in [-0.05, 0) is 18.2 Å². The second-order valence-corrected chi connectivity index (χ2v) is 4.21. The Morgan fingerprint density at radius 3 is 3.00 bits per heavy atom. The molecule has 0 amide bonds. The number of hydrogen-bond donors (Lipinski definition) is 0. The second kappa shape index (κ2) is 4.61. The van der Waals surface area contributed by atoms with Crippen LogP contribution in [-0.2, 0) is 6.42 Å². The molecule has 0 fully saturated rings. The number of Topliss-reactive ketones (excluding diaryl/α,β-unsaturated/α-hetero) is 1. The highest BCUT2D eigenvalue weighted by Crippen LogP contribution is 2.17. The smallest absolute Gasteiger partial charge is 0.192 e. The highest BCUT2D eigenvalue weighted by molar-refractivity contribution is 5.99. The summed E-state index contributed by atoms with van der Waals surface area (Å²) in [6.07, 6.45) is 4.98. The predicted octanol–water partition coefficient (Wildman–Crippen LogP) is 2.35. The lowest BCUT2D eigenvalue weighted by Gasteiger charge is -2.00. The van der Waals surface area contributed by atoms with Gasteiger partial charge >= 0.3 is 0 Å². The van der Waals surface area contributed by atoms with Crippen molar-refractivity contribution in [2.75, 3.05) is 0 Å². The van der Waals surface area contributed by atoms with E-state index in [0.717, 1.165) is 5.52 Å². The van der Waals surface area contributed by atoms with E-state index in [1.165, 1.54) is 0 Å². The fourth-order valence-electron chi connectivity index (χ4n) is 1.90. The monoisotopic (exact) mass is 253 g/mol. The van der Waals surface area contributed by atoms with Gasteiger partial charge in [0.2, 0.25) is 0 Å². The lowest BCUT2D eigenvalue weighted by molar-refractivity contribution is 0.0992. The summed E-state index contributed by atoms with van der Waals surface area (Å²) in [6.45, 7) is 1.78. The maximum Gasteiger partial charge on any atom is 0.192 e. The van der Waals surface area contributed by atoms with Crippen molar-refractivity contribution >= 4 is 16.9 Å². The predicted molar refractivity (Wildman–Crippen MR) is 68.8 cm³/mol. The molecule has 2 aromatic heterocycles. The lowest BCUT2D eigenvalue weighted by Crippen LogP contribution is -2.05. The van der Waals surface area contributed by atoms with Crippen molar-refractivity contribution < 1.29 is 9.21 Å². The number of benzene rings is 1. The molecule has 0 spiro atoms. The quantitative estimate of drug-likeness (QED) is 0.670. The maximum atomic E-state index is 12.1. The second-order valence-electron chi connectivity index (χ2n) is 4.21. The van der Waals surface area contributed by atoms with Crippen molar-refractivity contribution in [3.63, 3.8) is 0 Å². The number of carbonyl (C=O) groups is 1. The van der Waals surface area contributed by atoms with Gasteiger partial charge in [-0.3, -0.25) is 14.8 Å². The Hall–Kier alpha value is -2.56. The zero-order valence-electron chi connectivity index (χ0n) is 10.3. The molecule has 0 aliphatic carbocycles. The number of fused-ring (bicyclic) bond motifs is 1. The van der Waals surface area contributed by atoms with Crippen LogP contribution in [0.1, 0.15) is 21.9 Å². The molecular formula is C14H11N3O2. The summed E-state index contributed by atoms with van der Waals surface area (Å²) in [5.41, 5.74) is 2.63. The number of aromatic nitrogens is 3. The third-order valence-electron chi connectivity index (χ3n) is 2.78. The largest absolute Gasteiger partial charge is 0.441 e. The summed E-state index contributed by atoms with van der Waals surface area (Å²) in [6, 6.07) is 5.26. The van der Waals surface area contributed by atoms with E-state index in [0.29, 0.717) is 22.7 Å². The molecule has 94 valence electrons. The number of aryl methyl sites for hydroxylation is 1. The molecule has 0 radical (unpaired) electrons. The van der Waals surface area contributed by atoms with E-state index >= 15 is 0 Å². The van der Waals surface area contributed by atoms with Crippen molar-refractivity contribution in [3.05, 3.63) is 53.9 Å². The fraction of sp³-hybridized carbons (Fsp3) is 0.143. The zero-order valence-corrected chi connectivity index (χ0v) is 10.3. The van der Waals surface area contributed by atoms with Crippen LogP contribution in [0.3, 0.4) is 0 Å². The van der Waals surface area contributed by atoms with E-state index in [1.54, 1.807) is 43.7 Å². The van der Waals surface area contributed by atoms with Crippen LogP contribution in [0.15, 0.2) is 41.2 Å². The molecule has 3 rings (SSSR count). The average Bonchev–Trinajstić information content (AvgIpc) is 2.78. The molecule has 0 unspecified atom stereocenters. The van der Waals surface area contributed by atoms with Crippen molar-refractivity contribution in [2.45, 2.75) is 13.3 Å². The lowest BCUT2D eigenvalue weighted by atomic mass is 10.1. The molecule has 0 saturated carbocycles. The Morgan fingerprint density at radius 1 is 1.32 bits per heavy atom. The van der Waals surface area contributed by atoms with Crippen LogP contribution in [0, 0.1) is 6.92 Å². The molecule has 0 aliphatic heterocycles. The summed E-state index contributed by atoms with van der Waals surface area (Å²) in [5.74, 6) is 0.574. The molecule has 3 aromatic rings. The van der Waals surface area contributed by atoms with Crippen LogP contribution in [0.25, 0.3) is 11.1 Å². The first-order valence-corrected chi connectivity index (χ1v) is 5.87. The standard InChI is InChI=1S/C14H11N3O2/c1-9-17-12-3-2-10(6-14(12)19-9)13(18)7-11-8-15-4-5-16-11/h2-6,8H,7H2,1H3. The van der Waals surface area contributed by atoms with Gasteiger partial charge in [-0.2, -0.15) is 0 Å². The third-order valence-corrected chi connectivity index (χ3v) is 2.78. The molecular weight excluding hydrogens is 242 g/mol. The highest BCUT2D eigenvalue weighted by atomic mass is 16.3. The minimum Gasteiger partial charge on any atom is -0.441 e. The van der Waals surface area contributed by atoms with Crippen LogP contribution >= 0.6 is 0 Å². The summed E-state index contributed by atoms with van der Waals surface area (Å²) in [4.78, 5) is 24.4. The zero-order chi connectivity index (χ0) is 13.2. The van der Waals surface area contributed by atoms with Gasteiger partial charge in [0.05, 0.1) is 12.1 Å². The Balaban J connectivity index is 1.89. The Bertz CT molecular complexity index is 735. The summed E-state index contributed by atoms with van der Waals surface area (Å²) >= 11 is 0. The SMILES string of the molecule is Cc1nc2ccc(C(=O)Cc3cnccn3)cc2o1. The van der Waals surface area contributed by atoms with Gasteiger partial charge in [0.25, 0.3) is 0 Å². The maximum absolute atomic E-state index is 12.1. The van der Waals surface area contributed by atoms with E-state index < -0.39 is 0 Å². The minimum absolute atomic E-state index is 0.0172. The van der Waals surface area contributed by atoms with Crippen molar-refractivity contribution in [1.29, 1.82) is 0 Å². The molecule has 1 aromatic carbocycles. The molecule has 5 nitrogen and oxygen atoms in total. The van der Waals surface area contributed by atoms with Crippen LogP contribution in [0.5, 0.6) is 0 Å². The van der Waals surface area contributed by atoms with Gasteiger partial charge in [-0.1, -0.05) is 0 Å². The number of oxazole rings is 1. The van der Waals surface area contributed by atoms with Gasteiger partial charge in [0, 0.05) is 31.1 Å². The van der Waals surface area contributed by atoms with Gasteiger partial charge in [-0.25, -0.2) is 4.98 Å². The molecule has 19 heavy (non-hydrogen) atoms. The van der Waals surface area contributed by atoms with Gasteiger partial charge < -0.3 is 4.42 Å². The third kappa shape index (κ3) is 2.35. The molecule has 0 atom stereocenters. The van der Waals surface area contributed by atoms with Gasteiger partial charge in [0.15, 0.2) is 17.3 Å². The highest BCUT2D eigenvalue weighted by Gasteiger charge is 2.11. The number of rotatable bonds is 3. The first-order chi connectivity index (χ1) is 9.22. The van der Waals surface area contributed by atoms with E-state index in [2.05, 4.69) is 15.0 Å². The number of nitrogens with zero attached hydrogens (tertiary/aromatic N) is 3. The first kappa shape index (κ1) is 11.5. The van der Waals surface area contributed by atoms with Gasteiger partial charge in [-0.15, -0.1) is 0 Å². The van der Waals surface area contributed by atoms with Crippen molar-refractivity contribution in [1.82, 2.24) is 15.0 Å².